The van der Waals surface area contributed by atoms with Gasteiger partial charge in [-0.25, -0.2) is 8.78 Å². The van der Waals surface area contributed by atoms with Gasteiger partial charge in [0, 0.05) is 12.6 Å². The number of piperidine rings is 1. The van der Waals surface area contributed by atoms with Crippen LogP contribution in [0.4, 0.5) is 20.2 Å². The van der Waals surface area contributed by atoms with Gasteiger partial charge in [0.2, 0.25) is 5.91 Å². The van der Waals surface area contributed by atoms with Gasteiger partial charge in [-0.2, -0.15) is 0 Å². The summed E-state index contributed by atoms with van der Waals surface area (Å²) in [6.07, 6.45) is 1.66. The van der Waals surface area contributed by atoms with Gasteiger partial charge in [0.1, 0.15) is 17.5 Å². The number of halogens is 2. The van der Waals surface area contributed by atoms with Crippen molar-refractivity contribution in [3.8, 4) is 0 Å². The molecule has 3 nitrogen and oxygen atoms in total. The molecular formula is C13H14F2N2O. The van der Waals surface area contributed by atoms with E-state index in [2.05, 4.69) is 12.2 Å². The van der Waals surface area contributed by atoms with Gasteiger partial charge in [-0.05, 0) is 24.8 Å². The summed E-state index contributed by atoms with van der Waals surface area (Å²) in [5.41, 5.74) is 0.566. The van der Waals surface area contributed by atoms with Crippen molar-refractivity contribution >= 4 is 17.3 Å². The quantitative estimate of drug-likeness (QED) is 0.769. The summed E-state index contributed by atoms with van der Waals surface area (Å²) in [6.45, 7) is 2.75. The molecule has 2 unspecified atom stereocenters. The smallest absolute Gasteiger partial charge is 0.247 e. The molecule has 0 aromatic heterocycles. The van der Waals surface area contributed by atoms with Gasteiger partial charge >= 0.3 is 0 Å². The number of benzene rings is 1. The van der Waals surface area contributed by atoms with Crippen LogP contribution in [0.1, 0.15) is 19.8 Å². The highest BCUT2D eigenvalue weighted by Crippen LogP contribution is 2.39. The number of anilines is 2. The summed E-state index contributed by atoms with van der Waals surface area (Å²) in [5, 5.41) is 2.55. The van der Waals surface area contributed by atoms with Gasteiger partial charge in [0.05, 0.1) is 5.69 Å². The van der Waals surface area contributed by atoms with Gasteiger partial charge in [0.25, 0.3) is 0 Å². The number of nitrogens with zero attached hydrogens (tertiary/aromatic N) is 1. The molecule has 0 spiro atoms. The summed E-state index contributed by atoms with van der Waals surface area (Å²) >= 11 is 0. The van der Waals surface area contributed by atoms with Crippen molar-refractivity contribution in [3.05, 3.63) is 23.8 Å². The van der Waals surface area contributed by atoms with Gasteiger partial charge < -0.3 is 10.2 Å². The zero-order valence-corrected chi connectivity index (χ0v) is 10.0. The summed E-state index contributed by atoms with van der Waals surface area (Å²) < 4.78 is 27.0. The Bertz CT molecular complexity index is 518. The van der Waals surface area contributed by atoms with E-state index in [9.17, 15) is 13.6 Å². The summed E-state index contributed by atoms with van der Waals surface area (Å²) in [5.74, 6) is -1.06. The summed E-state index contributed by atoms with van der Waals surface area (Å²) in [7, 11) is 0. The van der Waals surface area contributed by atoms with Crippen LogP contribution < -0.4 is 10.2 Å². The lowest BCUT2D eigenvalue weighted by Gasteiger charge is -2.43. The van der Waals surface area contributed by atoms with E-state index < -0.39 is 11.6 Å². The second kappa shape index (κ2) is 3.93. The fourth-order valence-electron chi connectivity index (χ4n) is 2.80. The van der Waals surface area contributed by atoms with E-state index in [0.717, 1.165) is 18.9 Å². The van der Waals surface area contributed by atoms with Crippen LogP contribution in [0.2, 0.25) is 0 Å². The Morgan fingerprint density at radius 2 is 2.17 bits per heavy atom. The van der Waals surface area contributed by atoms with Crippen LogP contribution in [0, 0.1) is 17.6 Å². The largest absolute Gasteiger partial charge is 0.358 e. The van der Waals surface area contributed by atoms with Crippen LogP contribution in [0.3, 0.4) is 0 Å². The maximum absolute atomic E-state index is 13.7. The van der Waals surface area contributed by atoms with Crippen LogP contribution in [-0.4, -0.2) is 18.5 Å². The number of fused-ring (bicyclic) bond motifs is 3. The lowest BCUT2D eigenvalue weighted by Crippen LogP contribution is -2.52. The number of hydrogen-bond acceptors (Lipinski definition) is 2. The van der Waals surface area contributed by atoms with Crippen molar-refractivity contribution in [1.82, 2.24) is 0 Å². The lowest BCUT2D eigenvalue weighted by molar-refractivity contribution is -0.118. The molecule has 3 rings (SSSR count). The average molecular weight is 252 g/mol. The van der Waals surface area contributed by atoms with E-state index in [1.165, 1.54) is 6.07 Å². The summed E-state index contributed by atoms with van der Waals surface area (Å²) in [6, 6.07) is 1.79. The number of rotatable bonds is 0. The molecule has 18 heavy (non-hydrogen) atoms. The highest BCUT2D eigenvalue weighted by Gasteiger charge is 2.38. The number of carbonyl (C=O) groups excluding carboxylic acids is 1. The number of hydrogen-bond donors (Lipinski definition) is 1. The standard InChI is InChI=1S/C13H14F2N2O/c1-7-2-3-17-10-6-8(14)5-9(15)12(10)16-13(18)11(17)4-7/h5-7,11H,2-4H2,1H3,(H,16,18). The molecule has 1 N–H and O–H groups in total. The Morgan fingerprint density at radius 3 is 2.94 bits per heavy atom. The molecule has 1 saturated heterocycles. The van der Waals surface area contributed by atoms with E-state index >= 15 is 0 Å². The van der Waals surface area contributed by atoms with Crippen molar-refractivity contribution in [1.29, 1.82) is 0 Å². The van der Waals surface area contributed by atoms with Crippen LogP contribution in [0.25, 0.3) is 0 Å². The monoisotopic (exact) mass is 252 g/mol. The van der Waals surface area contributed by atoms with Crippen molar-refractivity contribution < 1.29 is 13.6 Å². The highest BCUT2D eigenvalue weighted by molar-refractivity contribution is 6.03. The Labute approximate surface area is 104 Å². The molecule has 2 atom stereocenters. The van der Waals surface area contributed by atoms with Crippen LogP contribution >= 0.6 is 0 Å². The molecular weight excluding hydrogens is 238 g/mol. The zero-order valence-electron chi connectivity index (χ0n) is 10.0. The maximum atomic E-state index is 13.7. The van der Waals surface area contributed by atoms with E-state index in [-0.39, 0.29) is 17.6 Å². The molecule has 96 valence electrons. The Hall–Kier alpha value is -1.65. The van der Waals surface area contributed by atoms with Gasteiger partial charge in [-0.1, -0.05) is 6.92 Å². The van der Waals surface area contributed by atoms with Crippen molar-refractivity contribution in [2.24, 2.45) is 5.92 Å². The second-order valence-corrected chi connectivity index (χ2v) is 5.11. The first-order chi connectivity index (χ1) is 8.56. The van der Waals surface area contributed by atoms with Gasteiger partial charge in [-0.3, -0.25) is 4.79 Å². The molecule has 1 fully saturated rings. The van der Waals surface area contributed by atoms with E-state index in [4.69, 9.17) is 0 Å². The van der Waals surface area contributed by atoms with Gasteiger partial charge in [0.15, 0.2) is 5.82 Å². The minimum Gasteiger partial charge on any atom is -0.358 e. The van der Waals surface area contributed by atoms with Crippen molar-refractivity contribution in [2.45, 2.75) is 25.8 Å². The highest BCUT2D eigenvalue weighted by atomic mass is 19.1. The predicted molar refractivity (Wildman–Crippen MR) is 64.5 cm³/mol. The third-order valence-electron chi connectivity index (χ3n) is 3.76. The molecule has 2 heterocycles. The molecule has 1 aromatic carbocycles. The minimum atomic E-state index is -0.713. The lowest BCUT2D eigenvalue weighted by atomic mass is 9.90. The molecule has 1 aromatic rings. The maximum Gasteiger partial charge on any atom is 0.247 e. The van der Waals surface area contributed by atoms with E-state index in [1.54, 1.807) is 0 Å². The van der Waals surface area contributed by atoms with Crippen LogP contribution in [-0.2, 0) is 4.79 Å². The first-order valence-corrected chi connectivity index (χ1v) is 6.13. The molecule has 2 aliphatic rings. The predicted octanol–water partition coefficient (Wildman–Crippen LogP) is 2.52. The third kappa shape index (κ3) is 1.65. The second-order valence-electron chi connectivity index (χ2n) is 5.11. The molecule has 0 bridgehead atoms. The first-order valence-electron chi connectivity index (χ1n) is 6.13. The first kappa shape index (κ1) is 11.4. The number of nitrogens with one attached hydrogen (secondary N) is 1. The molecule has 0 radical (unpaired) electrons. The summed E-state index contributed by atoms with van der Waals surface area (Å²) in [4.78, 5) is 13.8. The van der Waals surface area contributed by atoms with Crippen molar-refractivity contribution in [3.63, 3.8) is 0 Å². The molecule has 0 aliphatic carbocycles. The fraction of sp³-hybridized carbons (Fsp3) is 0.462. The van der Waals surface area contributed by atoms with E-state index in [0.29, 0.717) is 18.2 Å². The van der Waals surface area contributed by atoms with Gasteiger partial charge in [-0.15, -0.1) is 0 Å². The third-order valence-corrected chi connectivity index (χ3v) is 3.76. The molecule has 1 amide bonds. The SMILES string of the molecule is CC1CCN2c3cc(F)cc(F)c3NC(=O)C2C1. The molecule has 2 aliphatic heterocycles. The Balaban J connectivity index is 2.08. The van der Waals surface area contributed by atoms with E-state index in [1.807, 2.05) is 4.90 Å². The zero-order chi connectivity index (χ0) is 12.9. The Morgan fingerprint density at radius 1 is 1.39 bits per heavy atom. The van der Waals surface area contributed by atoms with Crippen molar-refractivity contribution in [2.75, 3.05) is 16.8 Å². The molecule has 0 saturated carbocycles. The number of carbonyl (C=O) groups is 1. The van der Waals surface area contributed by atoms with Crippen LogP contribution in [0.5, 0.6) is 0 Å². The Kier molecular flexibility index (Phi) is 2.50. The van der Waals surface area contributed by atoms with Crippen LogP contribution in [0.15, 0.2) is 12.1 Å². The average Bonchev–Trinajstić information content (AvgIpc) is 2.31. The normalized spacial score (nSPS) is 26.4. The fourth-order valence-corrected chi connectivity index (χ4v) is 2.80. The topological polar surface area (TPSA) is 32.3 Å². The minimum absolute atomic E-state index is 0.104. The molecule has 5 heteroatoms. The number of amides is 1.